The van der Waals surface area contributed by atoms with Gasteiger partial charge in [0.25, 0.3) is 0 Å². The van der Waals surface area contributed by atoms with Gasteiger partial charge in [-0.2, -0.15) is 0 Å². The van der Waals surface area contributed by atoms with Gasteiger partial charge in [-0.25, -0.2) is 9.97 Å². The molecular formula is C10H14N2OS. The van der Waals surface area contributed by atoms with Crippen molar-refractivity contribution in [3.63, 3.8) is 0 Å². The molecule has 0 fully saturated rings. The van der Waals surface area contributed by atoms with E-state index in [1.54, 1.807) is 12.3 Å². The summed E-state index contributed by atoms with van der Waals surface area (Å²) in [6, 6.07) is 1.77. The highest BCUT2D eigenvalue weighted by molar-refractivity contribution is 7.80. The second-order valence-electron chi connectivity index (χ2n) is 3.18. The Balaban J connectivity index is 2.88. The number of aromatic nitrogens is 2. The summed E-state index contributed by atoms with van der Waals surface area (Å²) in [6.45, 7) is 6.56. The zero-order valence-electron chi connectivity index (χ0n) is 8.65. The first kappa shape index (κ1) is 11.0. The van der Waals surface area contributed by atoms with E-state index < -0.39 is 0 Å². The Morgan fingerprint density at radius 1 is 1.57 bits per heavy atom. The zero-order chi connectivity index (χ0) is 10.6. The maximum absolute atomic E-state index is 5.20. The average molecular weight is 210 g/mol. The summed E-state index contributed by atoms with van der Waals surface area (Å²) in [7, 11) is 0. The van der Waals surface area contributed by atoms with Crippen molar-refractivity contribution in [1.82, 2.24) is 9.97 Å². The SMILES string of the molecule is CCOC(=S)c1ccnc(C(C)C)n1. The Bertz CT molecular complexity index is 326. The summed E-state index contributed by atoms with van der Waals surface area (Å²) >= 11 is 5.05. The lowest BCUT2D eigenvalue weighted by Crippen LogP contribution is -2.08. The molecule has 3 nitrogen and oxygen atoms in total. The number of rotatable bonds is 3. The van der Waals surface area contributed by atoms with Crippen LogP contribution in [0.1, 0.15) is 38.2 Å². The first-order valence-corrected chi connectivity index (χ1v) is 5.06. The lowest BCUT2D eigenvalue weighted by Gasteiger charge is -2.07. The van der Waals surface area contributed by atoms with E-state index in [0.29, 0.717) is 23.3 Å². The molecule has 4 heteroatoms. The predicted octanol–water partition coefficient (Wildman–Crippen LogP) is 2.31. The van der Waals surface area contributed by atoms with E-state index in [9.17, 15) is 0 Å². The van der Waals surface area contributed by atoms with Crippen molar-refractivity contribution in [2.24, 2.45) is 0 Å². The van der Waals surface area contributed by atoms with Gasteiger partial charge in [0.1, 0.15) is 11.5 Å². The van der Waals surface area contributed by atoms with Crippen LogP contribution in [0.25, 0.3) is 0 Å². The van der Waals surface area contributed by atoms with Crippen LogP contribution >= 0.6 is 12.2 Å². The molecule has 0 saturated heterocycles. The molecule has 0 amide bonds. The van der Waals surface area contributed by atoms with Crippen LogP contribution in [0, 0.1) is 0 Å². The van der Waals surface area contributed by atoms with Gasteiger partial charge >= 0.3 is 0 Å². The molecule has 1 rings (SSSR count). The molecule has 0 unspecified atom stereocenters. The van der Waals surface area contributed by atoms with E-state index in [0.717, 1.165) is 5.82 Å². The van der Waals surface area contributed by atoms with Crippen molar-refractivity contribution in [3.05, 3.63) is 23.8 Å². The highest BCUT2D eigenvalue weighted by atomic mass is 32.1. The maximum Gasteiger partial charge on any atom is 0.210 e. The van der Waals surface area contributed by atoms with Crippen LogP contribution in [0.4, 0.5) is 0 Å². The molecule has 1 heterocycles. The number of hydrogen-bond donors (Lipinski definition) is 0. The van der Waals surface area contributed by atoms with Gasteiger partial charge in [-0.15, -0.1) is 0 Å². The second kappa shape index (κ2) is 5.00. The van der Waals surface area contributed by atoms with Gasteiger partial charge in [0.15, 0.2) is 0 Å². The molecule has 0 aromatic carbocycles. The third kappa shape index (κ3) is 2.73. The van der Waals surface area contributed by atoms with Gasteiger partial charge in [0.2, 0.25) is 5.05 Å². The summed E-state index contributed by atoms with van der Waals surface area (Å²) in [5.41, 5.74) is 0.695. The van der Waals surface area contributed by atoms with Crippen molar-refractivity contribution in [2.75, 3.05) is 6.61 Å². The molecule has 1 aromatic heterocycles. The molecule has 0 saturated carbocycles. The second-order valence-corrected chi connectivity index (χ2v) is 3.55. The van der Waals surface area contributed by atoms with Crippen LogP contribution in [-0.2, 0) is 4.74 Å². The number of hydrogen-bond acceptors (Lipinski definition) is 4. The highest BCUT2D eigenvalue weighted by Gasteiger charge is 2.07. The van der Waals surface area contributed by atoms with Crippen molar-refractivity contribution in [3.8, 4) is 0 Å². The Morgan fingerprint density at radius 3 is 2.86 bits per heavy atom. The normalized spacial score (nSPS) is 10.3. The van der Waals surface area contributed by atoms with Crippen molar-refractivity contribution in [1.29, 1.82) is 0 Å². The smallest absolute Gasteiger partial charge is 0.210 e. The minimum atomic E-state index is 0.305. The number of ether oxygens (including phenoxy) is 1. The van der Waals surface area contributed by atoms with E-state index >= 15 is 0 Å². The van der Waals surface area contributed by atoms with Gasteiger partial charge in [-0.3, -0.25) is 0 Å². The van der Waals surface area contributed by atoms with Crippen molar-refractivity contribution in [2.45, 2.75) is 26.7 Å². The third-order valence-electron chi connectivity index (χ3n) is 1.68. The minimum Gasteiger partial charge on any atom is -0.482 e. The summed E-state index contributed by atoms with van der Waals surface area (Å²) in [4.78, 5) is 8.47. The van der Waals surface area contributed by atoms with Gasteiger partial charge < -0.3 is 4.74 Å². The third-order valence-corrected chi connectivity index (χ3v) is 2.00. The number of nitrogens with zero attached hydrogens (tertiary/aromatic N) is 2. The van der Waals surface area contributed by atoms with E-state index in [1.807, 2.05) is 20.8 Å². The quantitative estimate of drug-likeness (QED) is 0.717. The van der Waals surface area contributed by atoms with Crippen LogP contribution in [0.15, 0.2) is 12.3 Å². The molecule has 0 bridgehead atoms. The fourth-order valence-electron chi connectivity index (χ4n) is 0.971. The first-order valence-electron chi connectivity index (χ1n) is 4.65. The molecule has 0 N–H and O–H groups in total. The van der Waals surface area contributed by atoms with Crippen LogP contribution in [0.5, 0.6) is 0 Å². The topological polar surface area (TPSA) is 35.0 Å². The molecular weight excluding hydrogens is 196 g/mol. The van der Waals surface area contributed by atoms with Crippen molar-refractivity contribution < 1.29 is 4.74 Å². The standard InChI is InChI=1S/C10H14N2OS/c1-4-13-10(14)8-5-6-11-9(12-8)7(2)3/h5-7H,4H2,1-3H3. The molecule has 0 atom stereocenters. The molecule has 0 aliphatic heterocycles. The Kier molecular flexibility index (Phi) is 3.95. The molecule has 14 heavy (non-hydrogen) atoms. The maximum atomic E-state index is 5.20. The Hall–Kier alpha value is -1.03. The molecule has 0 aliphatic carbocycles. The monoisotopic (exact) mass is 210 g/mol. The van der Waals surface area contributed by atoms with Crippen molar-refractivity contribution >= 4 is 17.3 Å². The summed E-state index contributed by atoms with van der Waals surface area (Å²) in [5.74, 6) is 1.10. The fraction of sp³-hybridized carbons (Fsp3) is 0.500. The van der Waals surface area contributed by atoms with E-state index in [2.05, 4.69) is 9.97 Å². The lowest BCUT2D eigenvalue weighted by atomic mass is 10.2. The molecule has 0 spiro atoms. The molecule has 0 radical (unpaired) electrons. The van der Waals surface area contributed by atoms with Gasteiger partial charge in [-0.05, 0) is 25.2 Å². The molecule has 1 aromatic rings. The Labute approximate surface area is 89.5 Å². The molecule has 0 aliphatic rings. The van der Waals surface area contributed by atoms with Crippen LogP contribution in [-0.4, -0.2) is 21.6 Å². The van der Waals surface area contributed by atoms with E-state index in [-0.39, 0.29) is 0 Å². The van der Waals surface area contributed by atoms with E-state index in [4.69, 9.17) is 17.0 Å². The summed E-state index contributed by atoms with van der Waals surface area (Å²) in [5, 5.41) is 0.441. The predicted molar refractivity (Wildman–Crippen MR) is 59.4 cm³/mol. The highest BCUT2D eigenvalue weighted by Crippen LogP contribution is 2.09. The van der Waals surface area contributed by atoms with Gasteiger partial charge in [-0.1, -0.05) is 13.8 Å². The van der Waals surface area contributed by atoms with Crippen LogP contribution < -0.4 is 0 Å². The van der Waals surface area contributed by atoms with Gasteiger partial charge in [0.05, 0.1) is 6.61 Å². The Morgan fingerprint density at radius 2 is 2.29 bits per heavy atom. The van der Waals surface area contributed by atoms with Gasteiger partial charge in [0, 0.05) is 12.1 Å². The zero-order valence-corrected chi connectivity index (χ0v) is 9.47. The lowest BCUT2D eigenvalue weighted by molar-refractivity contribution is 0.336. The van der Waals surface area contributed by atoms with Crippen LogP contribution in [0.2, 0.25) is 0 Å². The summed E-state index contributed by atoms with van der Waals surface area (Å²) in [6.07, 6.45) is 1.71. The largest absolute Gasteiger partial charge is 0.482 e. The van der Waals surface area contributed by atoms with E-state index in [1.165, 1.54) is 0 Å². The summed E-state index contributed by atoms with van der Waals surface area (Å²) < 4.78 is 5.20. The average Bonchev–Trinajstić information content (AvgIpc) is 2.18. The van der Waals surface area contributed by atoms with Crippen LogP contribution in [0.3, 0.4) is 0 Å². The fourth-order valence-corrected chi connectivity index (χ4v) is 1.20. The number of thiocarbonyl (C=S) groups is 1. The first-order chi connectivity index (χ1) is 6.65. The molecule has 76 valence electrons. The minimum absolute atomic E-state index is 0.305.